The number of piperazine rings is 1. The average Bonchev–Trinajstić information content (AvgIpc) is 3.74. The van der Waals surface area contributed by atoms with Crippen molar-refractivity contribution in [2.45, 2.75) is 43.6 Å². The van der Waals surface area contributed by atoms with Crippen LogP contribution in [-0.4, -0.2) is 83.7 Å². The first-order chi connectivity index (χ1) is 23.0. The molecule has 2 saturated heterocycles. The van der Waals surface area contributed by atoms with Crippen LogP contribution in [0.1, 0.15) is 86.1 Å². The number of carbonyl (C=O) groups is 3. The van der Waals surface area contributed by atoms with E-state index >= 15 is 0 Å². The standard InChI is InChI=1S/C38H40N4O4S/c1-46-30-12-13-31-32(24-30)29(22-34(31)43)23-35(44)40-16-14-28(15-17-40)37-39-33(25-47-37)38(45)42-20-18-41(19-21-42)36(26-8-4-2-5-9-26)27-10-6-3-7-11-27/h2-13,24-25,28-29,36H,14-23H2,1H3. The molecule has 47 heavy (non-hydrogen) atoms. The lowest BCUT2D eigenvalue weighted by molar-refractivity contribution is -0.132. The number of ketones is 1. The van der Waals surface area contributed by atoms with Crippen LogP contribution in [0, 0.1) is 0 Å². The summed E-state index contributed by atoms with van der Waals surface area (Å²) in [6.07, 6.45) is 2.34. The molecule has 0 radical (unpaired) electrons. The van der Waals surface area contributed by atoms with Crippen LogP contribution in [0.15, 0.2) is 84.2 Å². The number of methoxy groups -OCH3 is 1. The van der Waals surface area contributed by atoms with Gasteiger partial charge < -0.3 is 14.5 Å². The van der Waals surface area contributed by atoms with Crippen LogP contribution in [0.4, 0.5) is 0 Å². The summed E-state index contributed by atoms with van der Waals surface area (Å²) < 4.78 is 5.35. The molecular formula is C38H40N4O4S. The summed E-state index contributed by atoms with van der Waals surface area (Å²) in [4.78, 5) is 50.5. The number of ether oxygens (including phenoxy) is 1. The molecule has 0 saturated carbocycles. The van der Waals surface area contributed by atoms with Gasteiger partial charge in [0.2, 0.25) is 5.91 Å². The van der Waals surface area contributed by atoms with Gasteiger partial charge in [0.15, 0.2) is 5.78 Å². The normalized spacial score (nSPS) is 18.9. The van der Waals surface area contributed by atoms with Gasteiger partial charge in [-0.3, -0.25) is 19.3 Å². The minimum atomic E-state index is -0.102. The van der Waals surface area contributed by atoms with Crippen LogP contribution >= 0.6 is 11.3 Å². The van der Waals surface area contributed by atoms with Crippen molar-refractivity contribution >= 4 is 28.9 Å². The van der Waals surface area contributed by atoms with E-state index < -0.39 is 0 Å². The molecule has 1 atom stereocenters. The second-order valence-corrected chi connectivity index (χ2v) is 13.6. The van der Waals surface area contributed by atoms with Crippen LogP contribution < -0.4 is 4.74 Å². The molecule has 1 aliphatic carbocycles. The molecule has 0 N–H and O–H groups in total. The Morgan fingerprint density at radius 1 is 0.872 bits per heavy atom. The highest BCUT2D eigenvalue weighted by atomic mass is 32.1. The van der Waals surface area contributed by atoms with Crippen molar-refractivity contribution in [1.82, 2.24) is 19.7 Å². The average molecular weight is 649 g/mol. The monoisotopic (exact) mass is 648 g/mol. The van der Waals surface area contributed by atoms with Crippen molar-refractivity contribution < 1.29 is 19.1 Å². The van der Waals surface area contributed by atoms with Crippen molar-refractivity contribution in [3.8, 4) is 5.75 Å². The van der Waals surface area contributed by atoms with Crippen LogP contribution in [0.3, 0.4) is 0 Å². The predicted octanol–water partition coefficient (Wildman–Crippen LogP) is 6.17. The fourth-order valence-corrected chi connectivity index (χ4v) is 8.37. The van der Waals surface area contributed by atoms with E-state index in [1.54, 1.807) is 24.5 Å². The Hall–Kier alpha value is -4.34. The molecule has 2 aliphatic heterocycles. The molecule has 2 amide bonds. The van der Waals surface area contributed by atoms with Gasteiger partial charge in [0.25, 0.3) is 5.91 Å². The van der Waals surface area contributed by atoms with Crippen LogP contribution in [0.5, 0.6) is 5.75 Å². The number of thiazole rings is 1. The third-order valence-electron chi connectivity index (χ3n) is 9.99. The third kappa shape index (κ3) is 6.60. The second kappa shape index (κ2) is 13.8. The van der Waals surface area contributed by atoms with E-state index in [1.165, 1.54) is 11.1 Å². The van der Waals surface area contributed by atoms with Gasteiger partial charge in [0, 0.05) is 74.9 Å². The molecule has 1 aromatic heterocycles. The van der Waals surface area contributed by atoms with Gasteiger partial charge >= 0.3 is 0 Å². The molecule has 8 nitrogen and oxygen atoms in total. The lowest BCUT2D eigenvalue weighted by Gasteiger charge is -2.39. The first-order valence-corrected chi connectivity index (χ1v) is 17.4. The number of piperidine rings is 1. The third-order valence-corrected chi connectivity index (χ3v) is 11.0. The molecular weight excluding hydrogens is 609 g/mol. The molecule has 3 aliphatic rings. The van der Waals surface area contributed by atoms with E-state index in [-0.39, 0.29) is 35.5 Å². The van der Waals surface area contributed by atoms with Gasteiger partial charge in [-0.15, -0.1) is 11.3 Å². The Morgan fingerprint density at radius 2 is 1.53 bits per heavy atom. The van der Waals surface area contributed by atoms with E-state index in [0.717, 1.165) is 36.5 Å². The van der Waals surface area contributed by atoms with E-state index in [1.807, 2.05) is 39.4 Å². The van der Waals surface area contributed by atoms with Crippen molar-refractivity contribution in [1.29, 1.82) is 0 Å². The number of Topliss-reactive ketones (excluding diaryl/α,β-unsaturated/α-hetero) is 1. The molecule has 3 aromatic carbocycles. The Labute approximate surface area is 280 Å². The Kier molecular flexibility index (Phi) is 9.18. The minimum Gasteiger partial charge on any atom is -0.497 e. The maximum absolute atomic E-state index is 13.5. The first kappa shape index (κ1) is 31.3. The molecule has 0 bridgehead atoms. The number of benzene rings is 3. The van der Waals surface area contributed by atoms with Crippen molar-refractivity contribution in [2.75, 3.05) is 46.4 Å². The van der Waals surface area contributed by atoms with Gasteiger partial charge in [0.1, 0.15) is 11.4 Å². The van der Waals surface area contributed by atoms with Crippen LogP contribution in [0.2, 0.25) is 0 Å². The molecule has 242 valence electrons. The maximum atomic E-state index is 13.5. The molecule has 1 unspecified atom stereocenters. The number of hydrogen-bond acceptors (Lipinski definition) is 7. The fourth-order valence-electron chi connectivity index (χ4n) is 7.40. The summed E-state index contributed by atoms with van der Waals surface area (Å²) in [5.74, 6) is 1.03. The largest absolute Gasteiger partial charge is 0.497 e. The number of nitrogens with zero attached hydrogens (tertiary/aromatic N) is 4. The number of fused-ring (bicyclic) bond motifs is 1. The Bertz CT molecular complexity index is 1690. The van der Waals surface area contributed by atoms with E-state index in [9.17, 15) is 14.4 Å². The zero-order valence-corrected chi connectivity index (χ0v) is 27.5. The number of hydrogen-bond donors (Lipinski definition) is 0. The number of carbonyl (C=O) groups excluding carboxylic acids is 3. The number of aromatic nitrogens is 1. The summed E-state index contributed by atoms with van der Waals surface area (Å²) in [6.45, 7) is 4.21. The Balaban J connectivity index is 0.926. The summed E-state index contributed by atoms with van der Waals surface area (Å²) in [5, 5.41) is 2.89. The number of rotatable bonds is 8. The summed E-state index contributed by atoms with van der Waals surface area (Å²) >= 11 is 1.56. The summed E-state index contributed by atoms with van der Waals surface area (Å²) in [5.41, 5.74) is 4.68. The first-order valence-electron chi connectivity index (χ1n) is 16.6. The minimum absolute atomic E-state index is 0.00115. The lowest BCUT2D eigenvalue weighted by Crippen LogP contribution is -2.50. The molecule has 3 heterocycles. The van der Waals surface area contributed by atoms with Gasteiger partial charge in [-0.1, -0.05) is 60.7 Å². The van der Waals surface area contributed by atoms with Gasteiger partial charge in [-0.2, -0.15) is 0 Å². The second-order valence-electron chi connectivity index (χ2n) is 12.8. The van der Waals surface area contributed by atoms with E-state index in [2.05, 4.69) is 53.4 Å². The fraction of sp³-hybridized carbons (Fsp3) is 0.368. The summed E-state index contributed by atoms with van der Waals surface area (Å²) in [6, 6.07) is 26.8. The van der Waals surface area contributed by atoms with Crippen molar-refractivity contribution in [2.24, 2.45) is 0 Å². The quantitative estimate of drug-likeness (QED) is 0.228. The van der Waals surface area contributed by atoms with Crippen LogP contribution in [-0.2, 0) is 4.79 Å². The number of amides is 2. The van der Waals surface area contributed by atoms with Crippen molar-refractivity contribution in [3.05, 3.63) is 117 Å². The molecule has 2 fully saturated rings. The van der Waals surface area contributed by atoms with Gasteiger partial charge in [-0.25, -0.2) is 4.98 Å². The lowest BCUT2D eigenvalue weighted by atomic mass is 9.94. The predicted molar refractivity (Wildman–Crippen MR) is 182 cm³/mol. The topological polar surface area (TPSA) is 83.1 Å². The zero-order chi connectivity index (χ0) is 32.3. The summed E-state index contributed by atoms with van der Waals surface area (Å²) in [7, 11) is 1.61. The van der Waals surface area contributed by atoms with Crippen molar-refractivity contribution in [3.63, 3.8) is 0 Å². The number of likely N-dealkylation sites (tertiary alicyclic amines) is 1. The molecule has 7 rings (SSSR count). The van der Waals surface area contributed by atoms with Gasteiger partial charge in [0.05, 0.1) is 18.2 Å². The highest BCUT2D eigenvalue weighted by Crippen LogP contribution is 2.39. The maximum Gasteiger partial charge on any atom is 0.273 e. The van der Waals surface area contributed by atoms with Crippen LogP contribution in [0.25, 0.3) is 0 Å². The highest BCUT2D eigenvalue weighted by Gasteiger charge is 2.34. The highest BCUT2D eigenvalue weighted by molar-refractivity contribution is 7.09. The molecule has 9 heteroatoms. The zero-order valence-electron chi connectivity index (χ0n) is 26.7. The van der Waals surface area contributed by atoms with Gasteiger partial charge in [-0.05, 0) is 47.7 Å². The Morgan fingerprint density at radius 3 is 2.17 bits per heavy atom. The van der Waals surface area contributed by atoms with E-state index in [0.29, 0.717) is 56.0 Å². The SMILES string of the molecule is COc1ccc2c(c1)C(CC(=O)N1CCC(c3nc(C(=O)N4CCN(C(c5ccccc5)c5ccccc5)CC4)cs3)CC1)CC2=O. The van der Waals surface area contributed by atoms with E-state index in [4.69, 9.17) is 9.72 Å². The molecule has 0 spiro atoms. The molecule has 4 aromatic rings. The smallest absolute Gasteiger partial charge is 0.273 e.